The number of rotatable bonds is 4. The van der Waals surface area contributed by atoms with Gasteiger partial charge >= 0.3 is 12.1 Å². The van der Waals surface area contributed by atoms with E-state index in [4.69, 9.17) is 9.47 Å². The summed E-state index contributed by atoms with van der Waals surface area (Å²) in [6.45, 7) is 4.90. The van der Waals surface area contributed by atoms with Gasteiger partial charge in [0.15, 0.2) is 0 Å². The number of esters is 1. The minimum Gasteiger partial charge on any atom is -0.464 e. The fourth-order valence-corrected chi connectivity index (χ4v) is 2.62. The lowest BCUT2D eigenvalue weighted by Crippen LogP contribution is -2.50. The van der Waals surface area contributed by atoms with Gasteiger partial charge in [-0.3, -0.25) is 4.90 Å². The Hall–Kier alpha value is -2.04. The molecule has 1 saturated heterocycles. The molecule has 0 bridgehead atoms. The molecule has 1 heterocycles. The second-order valence-corrected chi connectivity index (χ2v) is 5.63. The van der Waals surface area contributed by atoms with Crippen LogP contribution in [0, 0.1) is 5.92 Å². The largest absolute Gasteiger partial charge is 0.464 e. The van der Waals surface area contributed by atoms with Crippen molar-refractivity contribution in [1.82, 2.24) is 4.90 Å². The average Bonchev–Trinajstić information content (AvgIpc) is 2.53. The molecule has 2 atom stereocenters. The highest BCUT2D eigenvalue weighted by atomic mass is 16.6. The van der Waals surface area contributed by atoms with Crippen molar-refractivity contribution >= 4 is 12.1 Å². The van der Waals surface area contributed by atoms with Crippen molar-refractivity contribution < 1.29 is 19.1 Å². The summed E-state index contributed by atoms with van der Waals surface area (Å²) in [5.41, 5.74) is 0.925. The van der Waals surface area contributed by atoms with Crippen molar-refractivity contribution in [3.63, 3.8) is 0 Å². The van der Waals surface area contributed by atoms with Crippen molar-refractivity contribution in [3.05, 3.63) is 35.9 Å². The van der Waals surface area contributed by atoms with Crippen LogP contribution in [0.1, 0.15) is 32.3 Å². The number of hydrogen-bond donors (Lipinski definition) is 0. The Morgan fingerprint density at radius 1 is 1.23 bits per heavy atom. The van der Waals surface area contributed by atoms with Crippen LogP contribution in [0.15, 0.2) is 30.3 Å². The van der Waals surface area contributed by atoms with Crippen LogP contribution in [0.5, 0.6) is 0 Å². The fraction of sp³-hybridized carbons (Fsp3) is 0.529. The highest BCUT2D eigenvalue weighted by Gasteiger charge is 2.36. The lowest BCUT2D eigenvalue weighted by atomic mass is 9.93. The van der Waals surface area contributed by atoms with Crippen LogP contribution < -0.4 is 0 Å². The van der Waals surface area contributed by atoms with E-state index in [1.807, 2.05) is 30.3 Å². The van der Waals surface area contributed by atoms with Crippen molar-refractivity contribution in [2.45, 2.75) is 39.3 Å². The molecule has 0 aromatic heterocycles. The van der Waals surface area contributed by atoms with Gasteiger partial charge in [-0.25, -0.2) is 9.59 Å². The number of amides is 1. The van der Waals surface area contributed by atoms with Crippen LogP contribution in [0.2, 0.25) is 0 Å². The van der Waals surface area contributed by atoms with Gasteiger partial charge in [-0.15, -0.1) is 0 Å². The van der Waals surface area contributed by atoms with Crippen molar-refractivity contribution in [3.8, 4) is 0 Å². The Bertz CT molecular complexity index is 503. The Kier molecular flexibility index (Phi) is 5.81. The molecular formula is C17H23NO4. The predicted molar refractivity (Wildman–Crippen MR) is 82.2 cm³/mol. The molecule has 1 aliphatic rings. The summed E-state index contributed by atoms with van der Waals surface area (Å²) in [5.74, 6) is 0.0540. The van der Waals surface area contributed by atoms with E-state index >= 15 is 0 Å². The Balaban J connectivity index is 1.97. The molecule has 0 radical (unpaired) electrons. The second-order valence-electron chi connectivity index (χ2n) is 5.63. The quantitative estimate of drug-likeness (QED) is 0.802. The zero-order valence-corrected chi connectivity index (χ0v) is 13.2. The fourth-order valence-electron chi connectivity index (χ4n) is 2.62. The van der Waals surface area contributed by atoms with E-state index in [1.165, 1.54) is 4.90 Å². The summed E-state index contributed by atoms with van der Waals surface area (Å²) < 4.78 is 10.4. The summed E-state index contributed by atoms with van der Waals surface area (Å²) in [6, 6.07) is 8.96. The molecule has 120 valence electrons. The van der Waals surface area contributed by atoms with Crippen LogP contribution in [0.3, 0.4) is 0 Å². The summed E-state index contributed by atoms with van der Waals surface area (Å²) in [7, 11) is 0. The maximum Gasteiger partial charge on any atom is 0.410 e. The maximum atomic E-state index is 12.3. The molecular weight excluding hydrogens is 282 g/mol. The SMILES string of the molecule is CCOC(=O)C1C[C@H](C)CCN1C(=O)OCc1ccccc1. The molecule has 0 N–H and O–H groups in total. The molecule has 5 heteroatoms. The van der Waals surface area contributed by atoms with E-state index in [2.05, 4.69) is 6.92 Å². The number of hydrogen-bond acceptors (Lipinski definition) is 4. The van der Waals surface area contributed by atoms with E-state index in [0.29, 0.717) is 25.5 Å². The molecule has 0 saturated carbocycles. The van der Waals surface area contributed by atoms with Crippen LogP contribution >= 0.6 is 0 Å². The molecule has 1 aliphatic heterocycles. The number of ether oxygens (including phenoxy) is 2. The first kappa shape index (κ1) is 16.3. The van der Waals surface area contributed by atoms with Gasteiger partial charge in [0.2, 0.25) is 0 Å². The topological polar surface area (TPSA) is 55.8 Å². The summed E-state index contributed by atoms with van der Waals surface area (Å²) in [5, 5.41) is 0. The standard InChI is InChI=1S/C17H23NO4/c1-3-21-16(19)15-11-13(2)9-10-18(15)17(20)22-12-14-7-5-4-6-8-14/h4-8,13,15H,3,9-12H2,1-2H3/t13-,15?/m1/s1. The smallest absolute Gasteiger partial charge is 0.410 e. The molecule has 1 aromatic rings. The Labute approximate surface area is 131 Å². The van der Waals surface area contributed by atoms with Gasteiger partial charge in [-0.05, 0) is 31.2 Å². The summed E-state index contributed by atoms with van der Waals surface area (Å²) in [6.07, 6.45) is 1.05. The molecule has 1 amide bonds. The van der Waals surface area contributed by atoms with E-state index in [-0.39, 0.29) is 12.6 Å². The zero-order valence-electron chi connectivity index (χ0n) is 13.2. The number of piperidine rings is 1. The van der Waals surface area contributed by atoms with Gasteiger partial charge in [-0.1, -0.05) is 37.3 Å². The van der Waals surface area contributed by atoms with Gasteiger partial charge in [0, 0.05) is 6.54 Å². The molecule has 1 unspecified atom stereocenters. The first-order chi connectivity index (χ1) is 10.6. The number of carbonyl (C=O) groups is 2. The third kappa shape index (κ3) is 4.23. The van der Waals surface area contributed by atoms with E-state index in [9.17, 15) is 9.59 Å². The number of nitrogens with zero attached hydrogens (tertiary/aromatic N) is 1. The maximum absolute atomic E-state index is 12.3. The third-order valence-electron chi connectivity index (χ3n) is 3.86. The minimum absolute atomic E-state index is 0.210. The monoisotopic (exact) mass is 305 g/mol. The van der Waals surface area contributed by atoms with Crippen molar-refractivity contribution in [1.29, 1.82) is 0 Å². The van der Waals surface area contributed by atoms with Crippen LogP contribution in [0.25, 0.3) is 0 Å². The van der Waals surface area contributed by atoms with Gasteiger partial charge in [0.1, 0.15) is 12.6 Å². The van der Waals surface area contributed by atoms with Crippen LogP contribution in [-0.2, 0) is 20.9 Å². The van der Waals surface area contributed by atoms with Crippen molar-refractivity contribution in [2.75, 3.05) is 13.2 Å². The average molecular weight is 305 g/mol. The molecule has 22 heavy (non-hydrogen) atoms. The minimum atomic E-state index is -0.535. The molecule has 0 spiro atoms. The van der Waals surface area contributed by atoms with Gasteiger partial charge < -0.3 is 9.47 Å². The Morgan fingerprint density at radius 2 is 1.95 bits per heavy atom. The van der Waals surface area contributed by atoms with E-state index in [1.54, 1.807) is 6.92 Å². The van der Waals surface area contributed by atoms with Crippen molar-refractivity contribution in [2.24, 2.45) is 5.92 Å². The normalized spacial score (nSPS) is 21.3. The lowest BCUT2D eigenvalue weighted by Gasteiger charge is -2.36. The number of likely N-dealkylation sites (tertiary alicyclic amines) is 1. The molecule has 2 rings (SSSR count). The second kappa shape index (κ2) is 7.82. The molecule has 5 nitrogen and oxygen atoms in total. The van der Waals surface area contributed by atoms with E-state index in [0.717, 1.165) is 12.0 Å². The van der Waals surface area contributed by atoms with Crippen LogP contribution in [-0.4, -0.2) is 36.2 Å². The van der Waals surface area contributed by atoms with Gasteiger partial charge in [0.05, 0.1) is 6.61 Å². The number of carbonyl (C=O) groups excluding carboxylic acids is 2. The first-order valence-corrected chi connectivity index (χ1v) is 7.75. The Morgan fingerprint density at radius 3 is 2.64 bits per heavy atom. The van der Waals surface area contributed by atoms with Crippen LogP contribution in [0.4, 0.5) is 4.79 Å². The van der Waals surface area contributed by atoms with Gasteiger partial charge in [0.25, 0.3) is 0 Å². The highest BCUT2D eigenvalue weighted by Crippen LogP contribution is 2.24. The first-order valence-electron chi connectivity index (χ1n) is 7.75. The molecule has 0 aliphatic carbocycles. The highest BCUT2D eigenvalue weighted by molar-refractivity contribution is 5.81. The lowest BCUT2D eigenvalue weighted by molar-refractivity contribution is -0.150. The molecule has 1 fully saturated rings. The van der Waals surface area contributed by atoms with Gasteiger partial charge in [-0.2, -0.15) is 0 Å². The predicted octanol–water partition coefficient (Wildman–Crippen LogP) is 2.99. The van der Waals surface area contributed by atoms with E-state index < -0.39 is 12.1 Å². The summed E-state index contributed by atoms with van der Waals surface area (Å²) >= 11 is 0. The zero-order chi connectivity index (χ0) is 15.9. The summed E-state index contributed by atoms with van der Waals surface area (Å²) in [4.78, 5) is 25.9. The molecule has 1 aromatic carbocycles. The number of benzene rings is 1. The third-order valence-corrected chi connectivity index (χ3v) is 3.86.